The van der Waals surface area contributed by atoms with Crippen LogP contribution in [-0.2, 0) is 11.0 Å². The van der Waals surface area contributed by atoms with Crippen LogP contribution in [0.3, 0.4) is 0 Å². The van der Waals surface area contributed by atoms with E-state index in [0.29, 0.717) is 26.2 Å². The highest BCUT2D eigenvalue weighted by Crippen LogP contribution is 2.33. The average Bonchev–Trinajstić information content (AvgIpc) is 2.54. The van der Waals surface area contributed by atoms with Gasteiger partial charge in [-0.15, -0.1) is 0 Å². The SMILES string of the molecule is CNC(=O)NC(=O)CN1CCN(c2ncc(C(F)(F)F)cc2Cl)CC1. The molecule has 1 saturated heterocycles. The predicted octanol–water partition coefficient (Wildman–Crippen LogP) is 1.33. The molecule has 0 aliphatic carbocycles. The van der Waals surface area contributed by atoms with E-state index in [1.807, 2.05) is 4.90 Å². The van der Waals surface area contributed by atoms with Gasteiger partial charge in [-0.2, -0.15) is 13.2 Å². The molecule has 1 aliphatic rings. The number of urea groups is 1. The molecule has 0 unspecified atom stereocenters. The Morgan fingerprint density at radius 1 is 1.28 bits per heavy atom. The summed E-state index contributed by atoms with van der Waals surface area (Å²) in [5, 5.41) is 4.38. The molecule has 1 aromatic rings. The molecule has 11 heteroatoms. The van der Waals surface area contributed by atoms with Crippen LogP contribution in [0.25, 0.3) is 0 Å². The van der Waals surface area contributed by atoms with Gasteiger partial charge in [-0.25, -0.2) is 9.78 Å². The van der Waals surface area contributed by atoms with E-state index in [-0.39, 0.29) is 17.4 Å². The Hall–Kier alpha value is -2.07. The number of nitrogens with zero attached hydrogens (tertiary/aromatic N) is 3. The minimum Gasteiger partial charge on any atom is -0.353 e. The lowest BCUT2D eigenvalue weighted by atomic mass is 10.2. The molecule has 2 N–H and O–H groups in total. The second-order valence-corrected chi connectivity index (χ2v) is 5.82. The number of pyridine rings is 1. The summed E-state index contributed by atoms with van der Waals surface area (Å²) in [6.07, 6.45) is -3.74. The van der Waals surface area contributed by atoms with Crippen LogP contribution in [0.15, 0.2) is 12.3 Å². The normalized spacial score (nSPS) is 15.8. The van der Waals surface area contributed by atoms with E-state index in [1.54, 1.807) is 4.90 Å². The predicted molar refractivity (Wildman–Crippen MR) is 85.5 cm³/mol. The number of rotatable bonds is 3. The summed E-state index contributed by atoms with van der Waals surface area (Å²) in [6.45, 7) is 1.92. The van der Waals surface area contributed by atoms with Crippen molar-refractivity contribution in [2.45, 2.75) is 6.18 Å². The standard InChI is InChI=1S/C14H17ClF3N5O2/c1-19-13(25)21-11(24)8-22-2-4-23(5-3-22)12-10(15)6-9(7-20-12)14(16,17)18/h6-7H,2-5,8H2,1H3,(H2,19,21,24,25). The van der Waals surface area contributed by atoms with E-state index >= 15 is 0 Å². The number of alkyl halides is 3. The Kier molecular flexibility index (Phi) is 6.07. The summed E-state index contributed by atoms with van der Waals surface area (Å²) in [5.41, 5.74) is -0.897. The zero-order valence-corrected chi connectivity index (χ0v) is 14.1. The van der Waals surface area contributed by atoms with Crippen molar-refractivity contribution in [1.82, 2.24) is 20.5 Å². The van der Waals surface area contributed by atoms with Crippen LogP contribution in [0, 0.1) is 0 Å². The van der Waals surface area contributed by atoms with Gasteiger partial charge in [0.2, 0.25) is 5.91 Å². The highest BCUT2D eigenvalue weighted by Gasteiger charge is 2.32. The topological polar surface area (TPSA) is 77.6 Å². The maximum atomic E-state index is 12.6. The van der Waals surface area contributed by atoms with Gasteiger partial charge < -0.3 is 10.2 Å². The number of carbonyl (C=O) groups is 2. The molecular formula is C14H17ClF3N5O2. The number of aromatic nitrogens is 1. The van der Waals surface area contributed by atoms with E-state index in [2.05, 4.69) is 15.6 Å². The number of imide groups is 1. The third-order valence-corrected chi connectivity index (χ3v) is 3.95. The number of piperazine rings is 1. The number of hydrogen-bond donors (Lipinski definition) is 2. The molecule has 2 heterocycles. The van der Waals surface area contributed by atoms with Gasteiger partial charge in [0.05, 0.1) is 17.1 Å². The summed E-state index contributed by atoms with van der Waals surface area (Å²) < 4.78 is 37.9. The first-order valence-electron chi connectivity index (χ1n) is 7.42. The highest BCUT2D eigenvalue weighted by molar-refractivity contribution is 6.33. The van der Waals surface area contributed by atoms with Gasteiger partial charge >= 0.3 is 12.2 Å². The van der Waals surface area contributed by atoms with Crippen LogP contribution in [0.2, 0.25) is 5.02 Å². The summed E-state index contributed by atoms with van der Waals surface area (Å²) in [7, 11) is 1.40. The number of hydrogen-bond acceptors (Lipinski definition) is 5. The first-order valence-corrected chi connectivity index (χ1v) is 7.80. The van der Waals surface area contributed by atoms with E-state index in [0.717, 1.165) is 12.3 Å². The molecule has 0 radical (unpaired) electrons. The number of halogens is 4. The van der Waals surface area contributed by atoms with E-state index in [9.17, 15) is 22.8 Å². The fraction of sp³-hybridized carbons (Fsp3) is 0.500. The van der Waals surface area contributed by atoms with Crippen molar-refractivity contribution in [3.8, 4) is 0 Å². The Morgan fingerprint density at radius 3 is 2.44 bits per heavy atom. The van der Waals surface area contributed by atoms with Crippen molar-refractivity contribution in [2.24, 2.45) is 0 Å². The monoisotopic (exact) mass is 379 g/mol. The molecule has 25 heavy (non-hydrogen) atoms. The molecular weight excluding hydrogens is 363 g/mol. The lowest BCUT2D eigenvalue weighted by Gasteiger charge is -2.35. The van der Waals surface area contributed by atoms with Crippen LogP contribution in [0.5, 0.6) is 0 Å². The molecule has 0 spiro atoms. The number of amides is 3. The fourth-order valence-corrected chi connectivity index (χ4v) is 2.65. The van der Waals surface area contributed by atoms with Gasteiger partial charge in [-0.05, 0) is 6.07 Å². The van der Waals surface area contributed by atoms with Gasteiger partial charge in [-0.1, -0.05) is 11.6 Å². The molecule has 0 bridgehead atoms. The van der Waals surface area contributed by atoms with E-state index in [1.165, 1.54) is 7.05 Å². The molecule has 1 aliphatic heterocycles. The minimum absolute atomic E-state index is 0.0510. The number of nitrogens with one attached hydrogen (secondary N) is 2. The van der Waals surface area contributed by atoms with Gasteiger partial charge in [-0.3, -0.25) is 15.0 Å². The fourth-order valence-electron chi connectivity index (χ4n) is 2.37. The summed E-state index contributed by atoms with van der Waals surface area (Å²) in [4.78, 5) is 30.1. The van der Waals surface area contributed by atoms with Crippen LogP contribution < -0.4 is 15.5 Å². The summed E-state index contributed by atoms with van der Waals surface area (Å²) in [5.74, 6) is -0.150. The molecule has 0 atom stereocenters. The third-order valence-electron chi connectivity index (χ3n) is 3.67. The smallest absolute Gasteiger partial charge is 0.353 e. The maximum Gasteiger partial charge on any atom is 0.417 e. The Bertz CT molecular complexity index is 648. The molecule has 7 nitrogen and oxygen atoms in total. The van der Waals surface area contributed by atoms with E-state index in [4.69, 9.17) is 11.6 Å². The van der Waals surface area contributed by atoms with Crippen LogP contribution in [-0.4, -0.2) is 61.6 Å². The second-order valence-electron chi connectivity index (χ2n) is 5.42. The van der Waals surface area contributed by atoms with Gasteiger partial charge in [0.15, 0.2) is 0 Å². The van der Waals surface area contributed by atoms with Gasteiger partial charge in [0.25, 0.3) is 0 Å². The van der Waals surface area contributed by atoms with Crippen LogP contribution >= 0.6 is 11.6 Å². The second kappa shape index (κ2) is 7.87. The lowest BCUT2D eigenvalue weighted by Crippen LogP contribution is -2.51. The zero-order valence-electron chi connectivity index (χ0n) is 13.4. The number of anilines is 1. The Labute approximate surface area is 147 Å². The van der Waals surface area contributed by atoms with Crippen molar-refractivity contribution in [3.05, 3.63) is 22.8 Å². The van der Waals surface area contributed by atoms with Crippen molar-refractivity contribution in [1.29, 1.82) is 0 Å². The van der Waals surface area contributed by atoms with Crippen molar-refractivity contribution >= 4 is 29.4 Å². The molecule has 0 saturated carbocycles. The van der Waals surface area contributed by atoms with Gasteiger partial charge in [0, 0.05) is 39.4 Å². The Balaban J connectivity index is 1.92. The van der Waals surface area contributed by atoms with Crippen molar-refractivity contribution in [2.75, 3.05) is 44.7 Å². The first kappa shape index (κ1) is 19.3. The zero-order chi connectivity index (χ0) is 18.6. The highest BCUT2D eigenvalue weighted by atomic mass is 35.5. The molecule has 0 aromatic carbocycles. The van der Waals surface area contributed by atoms with Crippen LogP contribution in [0.4, 0.5) is 23.8 Å². The lowest BCUT2D eigenvalue weighted by molar-refractivity contribution is -0.137. The van der Waals surface area contributed by atoms with E-state index < -0.39 is 23.7 Å². The summed E-state index contributed by atoms with van der Waals surface area (Å²) in [6, 6.07) is 0.275. The third kappa shape index (κ3) is 5.20. The van der Waals surface area contributed by atoms with Crippen LogP contribution in [0.1, 0.15) is 5.56 Å². The van der Waals surface area contributed by atoms with Crippen molar-refractivity contribution in [3.63, 3.8) is 0 Å². The molecule has 3 amide bonds. The molecule has 138 valence electrons. The average molecular weight is 380 g/mol. The largest absolute Gasteiger partial charge is 0.417 e. The van der Waals surface area contributed by atoms with Crippen molar-refractivity contribution < 1.29 is 22.8 Å². The summed E-state index contributed by atoms with van der Waals surface area (Å²) >= 11 is 5.94. The Morgan fingerprint density at radius 2 is 1.92 bits per heavy atom. The number of carbonyl (C=O) groups excluding carboxylic acids is 2. The molecule has 1 fully saturated rings. The molecule has 2 rings (SSSR count). The first-order chi connectivity index (χ1) is 11.7. The quantitative estimate of drug-likeness (QED) is 0.828. The minimum atomic E-state index is -4.49. The molecule has 1 aromatic heterocycles. The maximum absolute atomic E-state index is 12.6. The van der Waals surface area contributed by atoms with Gasteiger partial charge in [0.1, 0.15) is 5.82 Å².